The Balaban J connectivity index is 1.72. The third kappa shape index (κ3) is 3.66. The van der Waals surface area contributed by atoms with E-state index in [4.69, 9.17) is 4.74 Å². The number of hydrogen-bond acceptors (Lipinski definition) is 3. The Bertz CT molecular complexity index is 367. The second-order valence-corrected chi connectivity index (χ2v) is 4.70. The fourth-order valence-corrected chi connectivity index (χ4v) is 2.19. The summed E-state index contributed by atoms with van der Waals surface area (Å²) in [6.45, 7) is 0.859. The van der Waals surface area contributed by atoms with Crippen LogP contribution in [0.5, 0.6) is 0 Å². The van der Waals surface area contributed by atoms with Crippen molar-refractivity contribution in [1.29, 1.82) is 0 Å². The van der Waals surface area contributed by atoms with Crippen molar-refractivity contribution in [2.75, 3.05) is 6.61 Å². The molecule has 1 atom stereocenters. The second-order valence-electron chi connectivity index (χ2n) is 4.70. The van der Waals surface area contributed by atoms with Gasteiger partial charge in [-0.1, -0.05) is 0 Å². The Labute approximate surface area is 102 Å². The first-order valence-electron chi connectivity index (χ1n) is 6.35. The van der Waals surface area contributed by atoms with Gasteiger partial charge in [0.2, 0.25) is 0 Å². The zero-order valence-corrected chi connectivity index (χ0v) is 10.4. The molecule has 0 N–H and O–H groups in total. The molecule has 17 heavy (non-hydrogen) atoms. The SMILES string of the molecule is Cn1ccnc1CC(=O)CCC1CCCCO1. The van der Waals surface area contributed by atoms with Gasteiger partial charge >= 0.3 is 0 Å². The Kier molecular flexibility index (Phi) is 4.31. The number of Topliss-reactive ketones (excluding diaryl/α,β-unsaturated/α-hetero) is 1. The molecule has 1 aromatic rings. The molecule has 1 aliphatic heterocycles. The summed E-state index contributed by atoms with van der Waals surface area (Å²) in [5, 5.41) is 0. The third-order valence-corrected chi connectivity index (χ3v) is 3.30. The van der Waals surface area contributed by atoms with Crippen LogP contribution in [0, 0.1) is 0 Å². The largest absolute Gasteiger partial charge is 0.378 e. The molecular formula is C13H20N2O2. The highest BCUT2D eigenvalue weighted by atomic mass is 16.5. The predicted octanol–water partition coefficient (Wildman–Crippen LogP) is 1.88. The van der Waals surface area contributed by atoms with Gasteiger partial charge in [0.15, 0.2) is 0 Å². The van der Waals surface area contributed by atoms with Gasteiger partial charge in [-0.3, -0.25) is 4.79 Å². The van der Waals surface area contributed by atoms with E-state index in [2.05, 4.69) is 4.98 Å². The number of aromatic nitrogens is 2. The van der Waals surface area contributed by atoms with Crippen molar-refractivity contribution in [2.45, 2.75) is 44.6 Å². The molecule has 94 valence electrons. The number of rotatable bonds is 5. The molecule has 0 aliphatic carbocycles. The molecule has 1 saturated heterocycles. The Morgan fingerprint density at radius 1 is 1.59 bits per heavy atom. The summed E-state index contributed by atoms with van der Waals surface area (Å²) in [5.74, 6) is 1.10. The highest BCUT2D eigenvalue weighted by molar-refractivity contribution is 5.80. The van der Waals surface area contributed by atoms with Gasteiger partial charge in [-0.25, -0.2) is 4.98 Å². The maximum absolute atomic E-state index is 11.8. The monoisotopic (exact) mass is 236 g/mol. The number of ketones is 1. The van der Waals surface area contributed by atoms with Crippen LogP contribution in [0.1, 0.15) is 37.9 Å². The van der Waals surface area contributed by atoms with Crippen LogP contribution in [0.2, 0.25) is 0 Å². The summed E-state index contributed by atoms with van der Waals surface area (Å²) in [6.07, 6.45) is 9.32. The van der Waals surface area contributed by atoms with Crippen molar-refractivity contribution in [2.24, 2.45) is 7.05 Å². The molecule has 2 rings (SSSR count). The van der Waals surface area contributed by atoms with Gasteiger partial charge in [0.1, 0.15) is 11.6 Å². The number of aryl methyl sites for hydroxylation is 1. The first-order chi connectivity index (χ1) is 8.25. The Morgan fingerprint density at radius 2 is 2.47 bits per heavy atom. The summed E-state index contributed by atoms with van der Waals surface area (Å²) in [4.78, 5) is 16.0. The number of ether oxygens (including phenoxy) is 1. The van der Waals surface area contributed by atoms with Crippen LogP contribution in [0.25, 0.3) is 0 Å². The fraction of sp³-hybridized carbons (Fsp3) is 0.692. The van der Waals surface area contributed by atoms with Crippen LogP contribution >= 0.6 is 0 Å². The zero-order chi connectivity index (χ0) is 12.1. The van der Waals surface area contributed by atoms with Gasteiger partial charge in [-0.2, -0.15) is 0 Å². The van der Waals surface area contributed by atoms with E-state index in [1.807, 2.05) is 17.8 Å². The average Bonchev–Trinajstić information content (AvgIpc) is 2.74. The number of nitrogens with zero attached hydrogens (tertiary/aromatic N) is 2. The number of carbonyl (C=O) groups excluding carboxylic acids is 1. The molecule has 0 saturated carbocycles. The lowest BCUT2D eigenvalue weighted by molar-refractivity contribution is -0.119. The number of imidazole rings is 1. The zero-order valence-electron chi connectivity index (χ0n) is 10.4. The lowest BCUT2D eigenvalue weighted by Crippen LogP contribution is -2.20. The van der Waals surface area contributed by atoms with Crippen LogP contribution in [0.3, 0.4) is 0 Å². The Morgan fingerprint density at radius 3 is 3.12 bits per heavy atom. The van der Waals surface area contributed by atoms with Gasteiger partial charge in [0.05, 0.1) is 12.5 Å². The summed E-state index contributed by atoms with van der Waals surface area (Å²) >= 11 is 0. The van der Waals surface area contributed by atoms with Crippen LogP contribution in [0.4, 0.5) is 0 Å². The van der Waals surface area contributed by atoms with Gasteiger partial charge in [0, 0.05) is 32.5 Å². The molecule has 1 aromatic heterocycles. The minimum atomic E-state index is 0.258. The molecule has 2 heterocycles. The van der Waals surface area contributed by atoms with E-state index in [0.29, 0.717) is 18.9 Å². The van der Waals surface area contributed by atoms with Crippen LogP contribution in [-0.4, -0.2) is 28.0 Å². The van der Waals surface area contributed by atoms with E-state index in [-0.39, 0.29) is 5.78 Å². The van der Waals surface area contributed by atoms with Crippen LogP contribution < -0.4 is 0 Å². The van der Waals surface area contributed by atoms with E-state index >= 15 is 0 Å². The smallest absolute Gasteiger partial charge is 0.140 e. The van der Waals surface area contributed by atoms with Gasteiger partial charge in [-0.05, 0) is 25.7 Å². The average molecular weight is 236 g/mol. The standard InChI is InChI=1S/C13H20N2O2/c1-15-8-7-14-13(15)10-11(16)5-6-12-4-2-3-9-17-12/h7-8,12H,2-6,9-10H2,1H3. The van der Waals surface area contributed by atoms with Crippen molar-refractivity contribution >= 4 is 5.78 Å². The molecule has 1 fully saturated rings. The van der Waals surface area contributed by atoms with Crippen molar-refractivity contribution in [1.82, 2.24) is 9.55 Å². The quantitative estimate of drug-likeness (QED) is 0.784. The highest BCUT2D eigenvalue weighted by Crippen LogP contribution is 2.17. The second kappa shape index (κ2) is 5.96. The first-order valence-corrected chi connectivity index (χ1v) is 6.35. The summed E-state index contributed by atoms with van der Waals surface area (Å²) < 4.78 is 7.51. The maximum atomic E-state index is 11.8. The predicted molar refractivity (Wildman–Crippen MR) is 64.7 cm³/mol. The summed E-state index contributed by atoms with van der Waals surface area (Å²) in [7, 11) is 1.92. The molecular weight excluding hydrogens is 216 g/mol. The lowest BCUT2D eigenvalue weighted by atomic mass is 10.0. The maximum Gasteiger partial charge on any atom is 0.140 e. The van der Waals surface area contributed by atoms with Gasteiger partial charge < -0.3 is 9.30 Å². The van der Waals surface area contributed by atoms with Crippen molar-refractivity contribution in [3.8, 4) is 0 Å². The molecule has 1 aliphatic rings. The van der Waals surface area contributed by atoms with E-state index < -0.39 is 0 Å². The number of hydrogen-bond donors (Lipinski definition) is 0. The normalized spacial score (nSPS) is 20.4. The first kappa shape index (κ1) is 12.3. The van der Waals surface area contributed by atoms with E-state index in [0.717, 1.165) is 31.7 Å². The van der Waals surface area contributed by atoms with Crippen molar-refractivity contribution < 1.29 is 9.53 Å². The van der Waals surface area contributed by atoms with Gasteiger partial charge in [-0.15, -0.1) is 0 Å². The summed E-state index contributed by atoms with van der Waals surface area (Å²) in [6, 6.07) is 0. The van der Waals surface area contributed by atoms with E-state index in [1.165, 1.54) is 6.42 Å². The molecule has 4 heteroatoms. The molecule has 0 aromatic carbocycles. The highest BCUT2D eigenvalue weighted by Gasteiger charge is 2.16. The van der Waals surface area contributed by atoms with E-state index in [9.17, 15) is 4.79 Å². The minimum Gasteiger partial charge on any atom is -0.378 e. The fourth-order valence-electron chi connectivity index (χ4n) is 2.19. The lowest BCUT2D eigenvalue weighted by Gasteiger charge is -2.22. The molecule has 1 unspecified atom stereocenters. The molecule has 0 amide bonds. The molecule has 4 nitrogen and oxygen atoms in total. The molecule has 0 bridgehead atoms. The number of carbonyl (C=O) groups is 1. The van der Waals surface area contributed by atoms with Crippen molar-refractivity contribution in [3.63, 3.8) is 0 Å². The van der Waals surface area contributed by atoms with Gasteiger partial charge in [0.25, 0.3) is 0 Å². The molecule has 0 radical (unpaired) electrons. The minimum absolute atomic E-state index is 0.258. The third-order valence-electron chi connectivity index (χ3n) is 3.30. The molecule has 0 spiro atoms. The topological polar surface area (TPSA) is 44.1 Å². The van der Waals surface area contributed by atoms with Crippen LogP contribution in [0.15, 0.2) is 12.4 Å². The van der Waals surface area contributed by atoms with E-state index in [1.54, 1.807) is 6.20 Å². The van der Waals surface area contributed by atoms with Crippen molar-refractivity contribution in [3.05, 3.63) is 18.2 Å². The Hall–Kier alpha value is -1.16. The van der Waals surface area contributed by atoms with Crippen LogP contribution in [-0.2, 0) is 23.0 Å². The summed E-state index contributed by atoms with van der Waals surface area (Å²) in [5.41, 5.74) is 0.